The monoisotopic (exact) mass is 216 g/mol. The van der Waals surface area contributed by atoms with Gasteiger partial charge in [-0.15, -0.1) is 0 Å². The molecule has 1 aromatic rings. The average molecular weight is 216 g/mol. The van der Waals surface area contributed by atoms with E-state index < -0.39 is 23.3 Å². The quantitative estimate of drug-likeness (QED) is 0.798. The van der Waals surface area contributed by atoms with E-state index >= 15 is 0 Å². The first-order chi connectivity index (χ1) is 6.73. The molecule has 0 atom stereocenters. The first-order valence-electron chi connectivity index (χ1n) is 4.58. The maximum atomic E-state index is 12.5. The Labute approximate surface area is 87.2 Å². The number of phenols is 1. The summed E-state index contributed by atoms with van der Waals surface area (Å²) < 4.78 is 25.1. The highest BCUT2D eigenvalue weighted by atomic mass is 19.3. The van der Waals surface area contributed by atoms with Crippen LogP contribution < -0.4 is 0 Å². The van der Waals surface area contributed by atoms with Crippen molar-refractivity contribution >= 4 is 0 Å². The molecule has 0 heterocycles. The molecule has 0 amide bonds. The van der Waals surface area contributed by atoms with Crippen LogP contribution in [-0.2, 0) is 5.60 Å². The van der Waals surface area contributed by atoms with Crippen molar-refractivity contribution in [2.24, 2.45) is 0 Å². The second-order valence-electron chi connectivity index (χ2n) is 4.09. The third-order valence-electron chi connectivity index (χ3n) is 2.27. The van der Waals surface area contributed by atoms with E-state index in [1.807, 2.05) is 0 Å². The lowest BCUT2D eigenvalue weighted by atomic mass is 9.94. The van der Waals surface area contributed by atoms with Gasteiger partial charge in [-0.3, -0.25) is 0 Å². The molecule has 0 bridgehead atoms. The predicted molar refractivity (Wildman–Crippen MR) is 53.0 cm³/mol. The number of aromatic hydroxyl groups is 1. The standard InChI is InChI=1S/C11H14F2O2/c1-6-4-7(11(2,3)15)5-8(9(6)14)10(12)13/h4-5,10,14-15H,1-3H3. The zero-order valence-electron chi connectivity index (χ0n) is 8.88. The summed E-state index contributed by atoms with van der Waals surface area (Å²) in [6, 6.07) is 2.63. The van der Waals surface area contributed by atoms with E-state index in [0.717, 1.165) is 6.07 Å². The second-order valence-corrected chi connectivity index (χ2v) is 4.09. The lowest BCUT2D eigenvalue weighted by Gasteiger charge is -2.20. The van der Waals surface area contributed by atoms with Gasteiger partial charge in [0.05, 0.1) is 11.2 Å². The van der Waals surface area contributed by atoms with Crippen LogP contribution in [0.4, 0.5) is 8.78 Å². The minimum Gasteiger partial charge on any atom is -0.507 e. The Morgan fingerprint density at radius 1 is 1.27 bits per heavy atom. The molecule has 0 saturated carbocycles. The van der Waals surface area contributed by atoms with Gasteiger partial charge in [-0.2, -0.15) is 0 Å². The van der Waals surface area contributed by atoms with E-state index in [4.69, 9.17) is 0 Å². The molecular weight excluding hydrogens is 202 g/mol. The summed E-state index contributed by atoms with van der Waals surface area (Å²) in [4.78, 5) is 0. The molecular formula is C11H14F2O2. The highest BCUT2D eigenvalue weighted by molar-refractivity contribution is 5.45. The topological polar surface area (TPSA) is 40.5 Å². The molecule has 2 nitrogen and oxygen atoms in total. The third-order valence-corrected chi connectivity index (χ3v) is 2.27. The first kappa shape index (κ1) is 11.9. The van der Waals surface area contributed by atoms with Gasteiger partial charge in [-0.05, 0) is 44.0 Å². The number of aryl methyl sites for hydroxylation is 1. The Morgan fingerprint density at radius 2 is 1.80 bits per heavy atom. The largest absolute Gasteiger partial charge is 0.507 e. The van der Waals surface area contributed by atoms with E-state index in [1.54, 1.807) is 0 Å². The van der Waals surface area contributed by atoms with Crippen LogP contribution in [0.15, 0.2) is 12.1 Å². The Bertz CT molecular complexity index is 368. The zero-order valence-corrected chi connectivity index (χ0v) is 8.88. The number of hydrogen-bond acceptors (Lipinski definition) is 2. The van der Waals surface area contributed by atoms with Gasteiger partial charge in [0.15, 0.2) is 0 Å². The molecule has 0 saturated heterocycles. The summed E-state index contributed by atoms with van der Waals surface area (Å²) in [6.45, 7) is 4.54. The number of alkyl halides is 2. The molecule has 15 heavy (non-hydrogen) atoms. The van der Waals surface area contributed by atoms with Gasteiger partial charge < -0.3 is 10.2 Å². The molecule has 1 rings (SSSR count). The van der Waals surface area contributed by atoms with Gasteiger partial charge in [0, 0.05) is 0 Å². The Morgan fingerprint density at radius 3 is 2.20 bits per heavy atom. The van der Waals surface area contributed by atoms with Crippen LogP contribution in [0.25, 0.3) is 0 Å². The van der Waals surface area contributed by atoms with E-state index in [-0.39, 0.29) is 0 Å². The fourth-order valence-electron chi connectivity index (χ4n) is 1.33. The minimum absolute atomic E-state index is 0.338. The lowest BCUT2D eigenvalue weighted by Crippen LogP contribution is -2.16. The maximum absolute atomic E-state index is 12.5. The van der Waals surface area contributed by atoms with Crippen molar-refractivity contribution in [3.63, 3.8) is 0 Å². The van der Waals surface area contributed by atoms with Crippen LogP contribution in [-0.4, -0.2) is 10.2 Å². The molecule has 0 aromatic heterocycles. The van der Waals surface area contributed by atoms with Crippen molar-refractivity contribution in [3.8, 4) is 5.75 Å². The third kappa shape index (κ3) is 2.45. The number of aliphatic hydroxyl groups is 1. The van der Waals surface area contributed by atoms with Crippen LogP contribution in [0, 0.1) is 6.92 Å². The van der Waals surface area contributed by atoms with Gasteiger partial charge >= 0.3 is 0 Å². The summed E-state index contributed by atoms with van der Waals surface area (Å²) in [6.07, 6.45) is -2.74. The Balaban J connectivity index is 3.36. The fraction of sp³-hybridized carbons (Fsp3) is 0.455. The molecule has 0 aliphatic carbocycles. The van der Waals surface area contributed by atoms with Gasteiger partial charge in [-0.25, -0.2) is 8.78 Å². The van der Waals surface area contributed by atoms with Crippen molar-refractivity contribution in [1.29, 1.82) is 0 Å². The van der Waals surface area contributed by atoms with Gasteiger partial charge in [0.2, 0.25) is 0 Å². The number of benzene rings is 1. The summed E-state index contributed by atoms with van der Waals surface area (Å²) in [5.74, 6) is -0.405. The van der Waals surface area contributed by atoms with Crippen molar-refractivity contribution in [1.82, 2.24) is 0 Å². The molecule has 84 valence electrons. The maximum Gasteiger partial charge on any atom is 0.267 e. The Kier molecular flexibility index (Phi) is 3.00. The molecule has 0 aliphatic heterocycles. The number of phenolic OH excluding ortho intramolecular Hbond substituents is 1. The molecule has 1 aromatic carbocycles. The summed E-state index contributed by atoms with van der Waals surface area (Å²) in [5.41, 5.74) is -0.924. The van der Waals surface area contributed by atoms with Crippen LogP contribution in [0.5, 0.6) is 5.75 Å². The first-order valence-corrected chi connectivity index (χ1v) is 4.58. The van der Waals surface area contributed by atoms with Crippen molar-refractivity contribution in [2.45, 2.75) is 32.8 Å². The molecule has 0 unspecified atom stereocenters. The van der Waals surface area contributed by atoms with Crippen LogP contribution in [0.2, 0.25) is 0 Å². The highest BCUT2D eigenvalue weighted by Gasteiger charge is 2.22. The predicted octanol–water partition coefficient (Wildman–Crippen LogP) is 2.87. The molecule has 0 spiro atoms. The summed E-state index contributed by atoms with van der Waals surface area (Å²) in [5, 5.41) is 19.1. The van der Waals surface area contributed by atoms with Crippen LogP contribution >= 0.6 is 0 Å². The van der Waals surface area contributed by atoms with E-state index in [9.17, 15) is 19.0 Å². The van der Waals surface area contributed by atoms with Crippen LogP contribution in [0.1, 0.15) is 37.0 Å². The van der Waals surface area contributed by atoms with Crippen molar-refractivity contribution in [2.75, 3.05) is 0 Å². The number of hydrogen-bond donors (Lipinski definition) is 2. The van der Waals surface area contributed by atoms with Crippen LogP contribution in [0.3, 0.4) is 0 Å². The average Bonchev–Trinajstić information content (AvgIpc) is 2.06. The van der Waals surface area contributed by atoms with E-state index in [1.165, 1.54) is 26.8 Å². The fourth-order valence-corrected chi connectivity index (χ4v) is 1.33. The van der Waals surface area contributed by atoms with E-state index in [2.05, 4.69) is 0 Å². The molecule has 0 fully saturated rings. The molecule has 0 aliphatic rings. The van der Waals surface area contributed by atoms with Crippen molar-refractivity contribution < 1.29 is 19.0 Å². The van der Waals surface area contributed by atoms with Gasteiger partial charge in [-0.1, -0.05) is 0 Å². The second kappa shape index (κ2) is 3.77. The highest BCUT2D eigenvalue weighted by Crippen LogP contribution is 2.34. The summed E-state index contributed by atoms with van der Waals surface area (Å²) >= 11 is 0. The van der Waals surface area contributed by atoms with Gasteiger partial charge in [0.1, 0.15) is 5.75 Å². The van der Waals surface area contributed by atoms with E-state index in [0.29, 0.717) is 11.1 Å². The van der Waals surface area contributed by atoms with Gasteiger partial charge in [0.25, 0.3) is 6.43 Å². The van der Waals surface area contributed by atoms with Crippen molar-refractivity contribution in [3.05, 3.63) is 28.8 Å². The number of halogens is 2. The summed E-state index contributed by atoms with van der Waals surface area (Å²) in [7, 11) is 0. The normalized spacial score (nSPS) is 12.2. The lowest BCUT2D eigenvalue weighted by molar-refractivity contribution is 0.0777. The Hall–Kier alpha value is -1.16. The molecule has 2 N–H and O–H groups in total. The number of rotatable bonds is 2. The smallest absolute Gasteiger partial charge is 0.267 e. The SMILES string of the molecule is Cc1cc(C(C)(C)O)cc(C(F)F)c1O. The molecule has 0 radical (unpaired) electrons. The minimum atomic E-state index is -2.74. The molecule has 4 heteroatoms. The zero-order chi connectivity index (χ0) is 11.8.